The summed E-state index contributed by atoms with van der Waals surface area (Å²) in [6.07, 6.45) is 0.939. The molecule has 0 bridgehead atoms. The number of carbonyl (C=O) groups excluding carboxylic acids is 1. The smallest absolute Gasteiger partial charge is 0.260 e. The first kappa shape index (κ1) is 14.1. The molecule has 1 aromatic carbocycles. The summed E-state index contributed by atoms with van der Waals surface area (Å²) in [5.41, 5.74) is 0. The van der Waals surface area contributed by atoms with E-state index in [4.69, 9.17) is 21.1 Å². The molecule has 1 fully saturated rings. The van der Waals surface area contributed by atoms with Gasteiger partial charge in [0.2, 0.25) is 0 Å². The van der Waals surface area contributed by atoms with E-state index < -0.39 is 5.82 Å². The fourth-order valence-electron chi connectivity index (χ4n) is 1.95. The largest absolute Gasteiger partial charge is 0.484 e. The lowest BCUT2D eigenvalue weighted by Gasteiger charge is -2.16. The van der Waals surface area contributed by atoms with Crippen LogP contribution in [0.1, 0.15) is 6.42 Å². The number of ether oxygens (including phenoxy) is 2. The number of likely N-dealkylation sites (tertiary alicyclic amines) is 1. The van der Waals surface area contributed by atoms with E-state index in [1.54, 1.807) is 12.0 Å². The van der Waals surface area contributed by atoms with E-state index in [0.29, 0.717) is 18.8 Å². The normalized spacial score (nSPS) is 18.7. The number of rotatable bonds is 4. The molecule has 104 valence electrons. The van der Waals surface area contributed by atoms with Crippen molar-refractivity contribution in [1.29, 1.82) is 0 Å². The number of hydrogen-bond donors (Lipinski definition) is 0. The van der Waals surface area contributed by atoms with Crippen molar-refractivity contribution in [3.05, 3.63) is 29.0 Å². The summed E-state index contributed by atoms with van der Waals surface area (Å²) in [7, 11) is 1.63. The quantitative estimate of drug-likeness (QED) is 0.851. The number of methoxy groups -OCH3 is 1. The van der Waals surface area contributed by atoms with Crippen LogP contribution in [0.5, 0.6) is 5.75 Å². The van der Waals surface area contributed by atoms with Gasteiger partial charge in [-0.1, -0.05) is 11.6 Å². The van der Waals surface area contributed by atoms with Crippen LogP contribution in [-0.2, 0) is 9.53 Å². The predicted molar refractivity (Wildman–Crippen MR) is 68.9 cm³/mol. The maximum atomic E-state index is 12.9. The Balaban J connectivity index is 1.85. The Morgan fingerprint density at radius 3 is 3.00 bits per heavy atom. The first-order valence-electron chi connectivity index (χ1n) is 5.98. The number of halogens is 2. The molecular weight excluding hydrogens is 273 g/mol. The summed E-state index contributed by atoms with van der Waals surface area (Å²) in [6, 6.07) is 4.00. The van der Waals surface area contributed by atoms with Gasteiger partial charge in [0.05, 0.1) is 11.1 Å². The Kier molecular flexibility index (Phi) is 4.61. The van der Waals surface area contributed by atoms with Gasteiger partial charge in [-0.05, 0) is 18.6 Å². The molecule has 1 saturated heterocycles. The van der Waals surface area contributed by atoms with Gasteiger partial charge in [-0.3, -0.25) is 4.79 Å². The molecular formula is C13H15ClFNO3. The molecule has 0 N–H and O–H groups in total. The van der Waals surface area contributed by atoms with E-state index in [9.17, 15) is 9.18 Å². The first-order chi connectivity index (χ1) is 9.10. The van der Waals surface area contributed by atoms with Crippen molar-refractivity contribution in [2.75, 3.05) is 26.8 Å². The maximum Gasteiger partial charge on any atom is 0.260 e. The molecule has 0 aromatic heterocycles. The van der Waals surface area contributed by atoms with Gasteiger partial charge in [0.25, 0.3) is 5.91 Å². The van der Waals surface area contributed by atoms with Crippen LogP contribution in [0.25, 0.3) is 0 Å². The fraction of sp³-hybridized carbons (Fsp3) is 0.462. The lowest BCUT2D eigenvalue weighted by Crippen LogP contribution is -2.33. The van der Waals surface area contributed by atoms with Gasteiger partial charge in [0, 0.05) is 26.3 Å². The molecule has 0 aliphatic carbocycles. The predicted octanol–water partition coefficient (Wildman–Crippen LogP) is 2.11. The van der Waals surface area contributed by atoms with Crippen LogP contribution in [0.2, 0.25) is 5.02 Å². The van der Waals surface area contributed by atoms with Gasteiger partial charge in [0.1, 0.15) is 11.6 Å². The zero-order chi connectivity index (χ0) is 13.8. The first-order valence-corrected chi connectivity index (χ1v) is 6.36. The number of nitrogens with zero attached hydrogens (tertiary/aromatic N) is 1. The minimum absolute atomic E-state index is 0.0226. The highest BCUT2D eigenvalue weighted by molar-refractivity contribution is 6.30. The van der Waals surface area contributed by atoms with Gasteiger partial charge < -0.3 is 14.4 Å². The highest BCUT2D eigenvalue weighted by atomic mass is 35.5. The van der Waals surface area contributed by atoms with Crippen LogP contribution >= 0.6 is 11.6 Å². The molecule has 0 saturated carbocycles. The number of carbonyl (C=O) groups is 1. The molecule has 2 rings (SSSR count). The number of hydrogen-bond acceptors (Lipinski definition) is 3. The Morgan fingerprint density at radius 1 is 1.58 bits per heavy atom. The zero-order valence-corrected chi connectivity index (χ0v) is 11.3. The average molecular weight is 288 g/mol. The van der Waals surface area contributed by atoms with Crippen LogP contribution in [0, 0.1) is 5.82 Å². The van der Waals surface area contributed by atoms with Gasteiger partial charge in [-0.25, -0.2) is 4.39 Å². The monoisotopic (exact) mass is 287 g/mol. The van der Waals surface area contributed by atoms with Crippen molar-refractivity contribution in [2.45, 2.75) is 12.5 Å². The van der Waals surface area contributed by atoms with Crippen LogP contribution in [0.15, 0.2) is 18.2 Å². The molecule has 19 heavy (non-hydrogen) atoms. The van der Waals surface area contributed by atoms with Crippen molar-refractivity contribution < 1.29 is 18.7 Å². The van der Waals surface area contributed by atoms with Crippen molar-refractivity contribution in [2.24, 2.45) is 0 Å². The van der Waals surface area contributed by atoms with E-state index in [-0.39, 0.29) is 23.6 Å². The lowest BCUT2D eigenvalue weighted by molar-refractivity contribution is -0.132. The van der Waals surface area contributed by atoms with Crippen LogP contribution in [0.3, 0.4) is 0 Å². The van der Waals surface area contributed by atoms with Crippen molar-refractivity contribution in [3.8, 4) is 5.75 Å². The average Bonchev–Trinajstić information content (AvgIpc) is 2.88. The summed E-state index contributed by atoms with van der Waals surface area (Å²) < 4.78 is 23.4. The van der Waals surface area contributed by atoms with Crippen molar-refractivity contribution >= 4 is 17.5 Å². The van der Waals surface area contributed by atoms with Gasteiger partial charge in [-0.2, -0.15) is 0 Å². The molecule has 1 aromatic rings. The van der Waals surface area contributed by atoms with Crippen LogP contribution in [-0.4, -0.2) is 43.7 Å². The van der Waals surface area contributed by atoms with Gasteiger partial charge in [0.15, 0.2) is 6.61 Å². The van der Waals surface area contributed by atoms with Crippen molar-refractivity contribution in [3.63, 3.8) is 0 Å². The molecule has 1 unspecified atom stereocenters. The Bertz CT molecular complexity index is 469. The summed E-state index contributed by atoms with van der Waals surface area (Å²) in [6.45, 7) is 1.17. The third kappa shape index (κ3) is 3.58. The Morgan fingerprint density at radius 2 is 2.37 bits per heavy atom. The molecule has 1 heterocycles. The summed E-state index contributed by atoms with van der Waals surface area (Å²) >= 11 is 5.63. The molecule has 0 radical (unpaired) electrons. The van der Waals surface area contributed by atoms with E-state index >= 15 is 0 Å². The Labute approximate surface area is 116 Å². The number of benzene rings is 1. The third-order valence-corrected chi connectivity index (χ3v) is 3.37. The summed E-state index contributed by atoms with van der Waals surface area (Å²) in [5, 5.41) is -0.0226. The molecule has 1 aliphatic rings. The summed E-state index contributed by atoms with van der Waals surface area (Å²) in [4.78, 5) is 13.6. The fourth-order valence-corrected chi connectivity index (χ4v) is 2.12. The van der Waals surface area contributed by atoms with Gasteiger partial charge in [-0.15, -0.1) is 0 Å². The van der Waals surface area contributed by atoms with Crippen LogP contribution in [0.4, 0.5) is 4.39 Å². The van der Waals surface area contributed by atoms with E-state index in [2.05, 4.69) is 0 Å². The van der Waals surface area contributed by atoms with E-state index in [1.807, 2.05) is 0 Å². The molecule has 4 nitrogen and oxygen atoms in total. The lowest BCUT2D eigenvalue weighted by atomic mass is 10.3. The molecule has 0 spiro atoms. The molecule has 1 atom stereocenters. The van der Waals surface area contributed by atoms with Gasteiger partial charge >= 0.3 is 0 Å². The van der Waals surface area contributed by atoms with Crippen molar-refractivity contribution in [1.82, 2.24) is 4.90 Å². The number of amides is 1. The minimum Gasteiger partial charge on any atom is -0.484 e. The molecule has 6 heteroatoms. The standard InChI is InChI=1S/C13H15ClFNO3/c1-18-10-4-5-16(7-10)13(17)8-19-9-2-3-12(15)11(14)6-9/h2-3,6,10H,4-5,7-8H2,1H3. The topological polar surface area (TPSA) is 38.8 Å². The molecule has 1 aliphatic heterocycles. The highest BCUT2D eigenvalue weighted by Gasteiger charge is 2.26. The third-order valence-electron chi connectivity index (χ3n) is 3.08. The highest BCUT2D eigenvalue weighted by Crippen LogP contribution is 2.21. The SMILES string of the molecule is COC1CCN(C(=O)COc2ccc(F)c(Cl)c2)C1. The molecule has 1 amide bonds. The maximum absolute atomic E-state index is 12.9. The second kappa shape index (κ2) is 6.21. The Hall–Kier alpha value is -1.33. The van der Waals surface area contributed by atoms with Crippen LogP contribution < -0.4 is 4.74 Å². The second-order valence-corrected chi connectivity index (χ2v) is 4.76. The van der Waals surface area contributed by atoms with E-state index in [0.717, 1.165) is 6.42 Å². The summed E-state index contributed by atoms with van der Waals surface area (Å²) in [5.74, 6) is -0.245. The second-order valence-electron chi connectivity index (χ2n) is 4.35. The van der Waals surface area contributed by atoms with E-state index in [1.165, 1.54) is 18.2 Å². The minimum atomic E-state index is -0.511. The zero-order valence-electron chi connectivity index (χ0n) is 10.6.